The maximum Gasteiger partial charge on any atom is 0.192 e. The van der Waals surface area contributed by atoms with Gasteiger partial charge in [0.2, 0.25) is 0 Å². The van der Waals surface area contributed by atoms with Crippen molar-refractivity contribution in [2.45, 2.75) is 50.5 Å². The van der Waals surface area contributed by atoms with Gasteiger partial charge in [-0.2, -0.15) is 0 Å². The van der Waals surface area contributed by atoms with E-state index in [1.165, 1.54) is 24.6 Å². The number of nitrogens with zero attached hydrogens (tertiary/aromatic N) is 4. The number of rotatable bonds is 8. The van der Waals surface area contributed by atoms with Crippen molar-refractivity contribution in [1.82, 2.24) is 19.3 Å². The first-order valence-electron chi connectivity index (χ1n) is 10.8. The predicted molar refractivity (Wildman–Crippen MR) is 123 cm³/mol. The monoisotopic (exact) mass is 450 g/mol. The number of carbonyl (C=O) groups excluding carboxylic acids is 1. The molecule has 2 aromatic heterocycles. The summed E-state index contributed by atoms with van der Waals surface area (Å²) in [5, 5.41) is 9.40. The van der Waals surface area contributed by atoms with Crippen molar-refractivity contribution in [3.05, 3.63) is 65.8 Å². The van der Waals surface area contributed by atoms with Crippen LogP contribution in [0.1, 0.15) is 52.6 Å². The van der Waals surface area contributed by atoms with Crippen molar-refractivity contribution in [3.8, 4) is 11.5 Å². The van der Waals surface area contributed by atoms with E-state index < -0.39 is 0 Å². The summed E-state index contributed by atoms with van der Waals surface area (Å²) in [7, 11) is 0. The molecule has 0 bridgehead atoms. The van der Waals surface area contributed by atoms with Crippen LogP contribution in [0.4, 0.5) is 0 Å². The van der Waals surface area contributed by atoms with Crippen molar-refractivity contribution in [3.63, 3.8) is 0 Å². The standard InChI is InChI=1S/C24H26N4O3S/c1-4-11-27-23(22-13-30-20-7-5-6-8-21(20)31-22)25-26-24(27)32-14-19(29)18-12-15(2)28(16(18)3)17-9-10-17/h4-8,12,17,22H,1,9-11,13-14H2,2-3H3/t22-/m0/s1. The molecule has 3 heterocycles. The summed E-state index contributed by atoms with van der Waals surface area (Å²) >= 11 is 1.39. The van der Waals surface area contributed by atoms with Crippen LogP contribution in [0, 0.1) is 13.8 Å². The summed E-state index contributed by atoms with van der Waals surface area (Å²) in [6.45, 7) is 8.85. The molecule has 1 aromatic carbocycles. The molecule has 5 rings (SSSR count). The average molecular weight is 451 g/mol. The molecule has 1 aliphatic heterocycles. The summed E-state index contributed by atoms with van der Waals surface area (Å²) in [5.41, 5.74) is 3.03. The average Bonchev–Trinajstić information content (AvgIpc) is 3.48. The number of Topliss-reactive ketones (excluding diaryl/α,β-unsaturated/α-hetero) is 1. The van der Waals surface area contributed by atoms with Crippen LogP contribution >= 0.6 is 11.8 Å². The number of ether oxygens (including phenoxy) is 2. The van der Waals surface area contributed by atoms with Crippen LogP contribution in [0.2, 0.25) is 0 Å². The van der Waals surface area contributed by atoms with Gasteiger partial charge in [0, 0.05) is 29.5 Å². The zero-order chi connectivity index (χ0) is 22.2. The molecule has 1 atom stereocenters. The van der Waals surface area contributed by atoms with Crippen LogP contribution in [0.15, 0.2) is 48.1 Å². The molecule has 2 aliphatic rings. The maximum absolute atomic E-state index is 13.0. The Morgan fingerprint density at radius 3 is 2.78 bits per heavy atom. The summed E-state index contributed by atoms with van der Waals surface area (Å²) in [4.78, 5) is 13.0. The van der Waals surface area contributed by atoms with E-state index in [4.69, 9.17) is 9.47 Å². The predicted octanol–water partition coefficient (Wildman–Crippen LogP) is 4.70. The van der Waals surface area contributed by atoms with Gasteiger partial charge in [-0.05, 0) is 44.9 Å². The molecule has 0 radical (unpaired) electrons. The molecule has 1 aliphatic carbocycles. The lowest BCUT2D eigenvalue weighted by atomic mass is 10.2. The number of aryl methyl sites for hydroxylation is 1. The Kier molecular flexibility index (Phi) is 5.55. The number of hydrogen-bond donors (Lipinski definition) is 0. The van der Waals surface area contributed by atoms with Gasteiger partial charge in [-0.1, -0.05) is 30.0 Å². The molecule has 0 saturated heterocycles. The van der Waals surface area contributed by atoms with Crippen molar-refractivity contribution in [2.75, 3.05) is 12.4 Å². The van der Waals surface area contributed by atoms with Crippen LogP contribution in [0.3, 0.4) is 0 Å². The molecule has 3 aromatic rings. The topological polar surface area (TPSA) is 71.2 Å². The van der Waals surface area contributed by atoms with E-state index >= 15 is 0 Å². The van der Waals surface area contributed by atoms with Crippen molar-refractivity contribution >= 4 is 17.5 Å². The zero-order valence-electron chi connectivity index (χ0n) is 18.3. The van der Waals surface area contributed by atoms with Crippen LogP contribution in [0.25, 0.3) is 0 Å². The molecule has 8 heteroatoms. The summed E-state index contributed by atoms with van der Waals surface area (Å²) in [5.74, 6) is 2.49. The third kappa shape index (κ3) is 3.83. The molecule has 1 saturated carbocycles. The van der Waals surface area contributed by atoms with Crippen LogP contribution in [-0.2, 0) is 6.54 Å². The molecule has 0 N–H and O–H groups in total. The quantitative estimate of drug-likeness (QED) is 0.281. The van der Waals surface area contributed by atoms with E-state index in [1.807, 2.05) is 41.8 Å². The Bertz CT molecular complexity index is 1180. The van der Waals surface area contributed by atoms with Crippen LogP contribution < -0.4 is 9.47 Å². The molecule has 0 amide bonds. The maximum atomic E-state index is 13.0. The van der Waals surface area contributed by atoms with Gasteiger partial charge in [0.15, 0.2) is 34.4 Å². The molecule has 0 spiro atoms. The number of fused-ring (bicyclic) bond motifs is 1. The lowest BCUT2D eigenvalue weighted by Crippen LogP contribution is -2.25. The van der Waals surface area contributed by atoms with Gasteiger partial charge in [-0.3, -0.25) is 9.36 Å². The van der Waals surface area contributed by atoms with E-state index in [1.54, 1.807) is 6.08 Å². The Morgan fingerprint density at radius 2 is 2.03 bits per heavy atom. The highest BCUT2D eigenvalue weighted by Gasteiger charge is 2.30. The van der Waals surface area contributed by atoms with Crippen molar-refractivity contribution < 1.29 is 14.3 Å². The Hall–Kier alpha value is -3.00. The van der Waals surface area contributed by atoms with E-state index in [9.17, 15) is 4.79 Å². The van der Waals surface area contributed by atoms with Crippen LogP contribution in [0.5, 0.6) is 11.5 Å². The molecule has 7 nitrogen and oxygen atoms in total. The van der Waals surface area contributed by atoms with E-state index in [0.717, 1.165) is 22.7 Å². The number of allylic oxidation sites excluding steroid dienone is 1. The number of carbonyl (C=O) groups is 1. The summed E-state index contributed by atoms with van der Waals surface area (Å²) < 4.78 is 16.2. The molecule has 1 fully saturated rings. The number of hydrogen-bond acceptors (Lipinski definition) is 6. The highest BCUT2D eigenvalue weighted by Crippen LogP contribution is 2.39. The lowest BCUT2D eigenvalue weighted by Gasteiger charge is -2.26. The number of benzene rings is 1. The minimum atomic E-state index is -0.375. The summed E-state index contributed by atoms with van der Waals surface area (Å²) in [6.07, 6.45) is 3.81. The normalized spacial score (nSPS) is 17.4. The Balaban J connectivity index is 1.33. The van der Waals surface area contributed by atoms with Gasteiger partial charge in [0.25, 0.3) is 0 Å². The molecule has 166 valence electrons. The van der Waals surface area contributed by atoms with Gasteiger partial charge >= 0.3 is 0 Å². The van der Waals surface area contributed by atoms with Crippen molar-refractivity contribution in [1.29, 1.82) is 0 Å². The van der Waals surface area contributed by atoms with E-state index in [0.29, 0.717) is 41.7 Å². The largest absolute Gasteiger partial charge is 0.485 e. The minimum Gasteiger partial charge on any atom is -0.485 e. The van der Waals surface area contributed by atoms with Gasteiger partial charge in [0.1, 0.15) is 6.61 Å². The fourth-order valence-electron chi connectivity index (χ4n) is 4.25. The number of thioether (sulfide) groups is 1. The van der Waals surface area contributed by atoms with Gasteiger partial charge < -0.3 is 14.0 Å². The zero-order valence-corrected chi connectivity index (χ0v) is 19.1. The minimum absolute atomic E-state index is 0.107. The number of para-hydroxylation sites is 2. The lowest BCUT2D eigenvalue weighted by molar-refractivity contribution is 0.0821. The fraction of sp³-hybridized carbons (Fsp3) is 0.375. The first kappa shape index (κ1) is 20.9. The Labute approximate surface area is 191 Å². The first-order valence-corrected chi connectivity index (χ1v) is 11.8. The fourth-order valence-corrected chi connectivity index (χ4v) is 5.09. The molecular formula is C24H26N4O3S. The number of aromatic nitrogens is 4. The van der Waals surface area contributed by atoms with E-state index in [2.05, 4.69) is 28.3 Å². The van der Waals surface area contributed by atoms with Crippen LogP contribution in [-0.4, -0.2) is 37.5 Å². The smallest absolute Gasteiger partial charge is 0.192 e. The molecule has 32 heavy (non-hydrogen) atoms. The molecular weight excluding hydrogens is 424 g/mol. The molecule has 0 unspecified atom stereocenters. The highest BCUT2D eigenvalue weighted by molar-refractivity contribution is 7.99. The SMILES string of the molecule is C=CCn1c(SCC(=O)c2cc(C)n(C3CC3)c2C)nnc1[C@@H]1COc2ccccc2O1. The third-order valence-electron chi connectivity index (χ3n) is 5.88. The van der Waals surface area contributed by atoms with Gasteiger partial charge in [-0.15, -0.1) is 16.8 Å². The third-order valence-corrected chi connectivity index (χ3v) is 6.85. The highest BCUT2D eigenvalue weighted by atomic mass is 32.2. The Morgan fingerprint density at radius 1 is 1.25 bits per heavy atom. The number of ketones is 1. The van der Waals surface area contributed by atoms with Gasteiger partial charge in [-0.25, -0.2) is 0 Å². The van der Waals surface area contributed by atoms with Crippen molar-refractivity contribution in [2.24, 2.45) is 0 Å². The van der Waals surface area contributed by atoms with E-state index in [-0.39, 0.29) is 11.9 Å². The second-order valence-corrected chi connectivity index (χ2v) is 9.14. The second-order valence-electron chi connectivity index (χ2n) is 8.20. The first-order chi connectivity index (χ1) is 15.6. The summed E-state index contributed by atoms with van der Waals surface area (Å²) in [6, 6.07) is 10.2. The second kappa shape index (κ2) is 8.50. The van der Waals surface area contributed by atoms with Gasteiger partial charge in [0.05, 0.1) is 5.75 Å².